The minimum absolute atomic E-state index is 0.0870. The third-order valence-electron chi connectivity index (χ3n) is 3.99. The minimum atomic E-state index is -3.80. The summed E-state index contributed by atoms with van der Waals surface area (Å²) < 4.78 is 41.4. The monoisotopic (exact) mass is 302 g/mol. The number of nitrogens with two attached hydrogens (primary N) is 1. The molecule has 1 aromatic carbocycles. The predicted molar refractivity (Wildman–Crippen MR) is 79.5 cm³/mol. The molecule has 20 heavy (non-hydrogen) atoms. The van der Waals surface area contributed by atoms with E-state index in [0.717, 1.165) is 6.07 Å². The van der Waals surface area contributed by atoms with Crippen LogP contribution in [0.1, 0.15) is 45.6 Å². The summed E-state index contributed by atoms with van der Waals surface area (Å²) in [6.45, 7) is 7.24. The Morgan fingerprint density at radius 2 is 1.70 bits per heavy atom. The second kappa shape index (κ2) is 6.10. The molecule has 0 aliphatic carbocycles. The third kappa shape index (κ3) is 3.30. The summed E-state index contributed by atoms with van der Waals surface area (Å²) in [6.07, 6.45) is 2.01. The lowest BCUT2D eigenvalue weighted by molar-refractivity contribution is 0.341. The van der Waals surface area contributed by atoms with Gasteiger partial charge in [-0.15, -0.1) is 0 Å². The lowest BCUT2D eigenvalue weighted by Crippen LogP contribution is -2.47. The van der Waals surface area contributed by atoms with Crippen molar-refractivity contribution in [1.29, 1.82) is 0 Å². The standard InChI is InChI=1S/C14H23FN2O2S/c1-5-14(6-2,7-3)17-20(18,19)13-9-11(16)8-12(15)10(13)4/h8-9,17H,5-7,16H2,1-4H3. The summed E-state index contributed by atoms with van der Waals surface area (Å²) in [6, 6.07) is 2.42. The van der Waals surface area contributed by atoms with Crippen LogP contribution in [0, 0.1) is 12.7 Å². The normalized spacial score (nSPS) is 12.7. The van der Waals surface area contributed by atoms with Gasteiger partial charge in [0, 0.05) is 16.8 Å². The lowest BCUT2D eigenvalue weighted by atomic mass is 9.91. The summed E-state index contributed by atoms with van der Waals surface area (Å²) in [5.74, 6) is -0.611. The third-order valence-corrected chi connectivity index (χ3v) is 5.69. The molecular weight excluding hydrogens is 279 g/mol. The molecule has 0 aliphatic heterocycles. The molecule has 0 radical (unpaired) electrons. The van der Waals surface area contributed by atoms with Crippen molar-refractivity contribution in [3.8, 4) is 0 Å². The maximum absolute atomic E-state index is 13.7. The maximum Gasteiger partial charge on any atom is 0.241 e. The van der Waals surface area contributed by atoms with E-state index < -0.39 is 21.4 Å². The molecule has 0 unspecified atom stereocenters. The first-order valence-corrected chi connectivity index (χ1v) is 8.29. The van der Waals surface area contributed by atoms with E-state index in [2.05, 4.69) is 4.72 Å². The molecule has 0 bridgehead atoms. The maximum atomic E-state index is 13.7. The van der Waals surface area contributed by atoms with Crippen molar-refractivity contribution in [3.63, 3.8) is 0 Å². The SMILES string of the molecule is CCC(CC)(CC)NS(=O)(=O)c1cc(N)cc(F)c1C. The number of sulfonamides is 1. The van der Waals surface area contributed by atoms with Gasteiger partial charge in [0.15, 0.2) is 0 Å². The van der Waals surface area contributed by atoms with Crippen molar-refractivity contribution in [2.24, 2.45) is 0 Å². The van der Waals surface area contributed by atoms with Gasteiger partial charge in [0.1, 0.15) is 5.82 Å². The fourth-order valence-electron chi connectivity index (χ4n) is 2.26. The Kier molecular flexibility index (Phi) is 5.15. The largest absolute Gasteiger partial charge is 0.399 e. The fraction of sp³-hybridized carbons (Fsp3) is 0.571. The number of anilines is 1. The number of hydrogen-bond donors (Lipinski definition) is 2. The van der Waals surface area contributed by atoms with E-state index in [0.29, 0.717) is 19.3 Å². The van der Waals surface area contributed by atoms with Crippen LogP contribution >= 0.6 is 0 Å². The van der Waals surface area contributed by atoms with Gasteiger partial charge in [-0.1, -0.05) is 20.8 Å². The highest BCUT2D eigenvalue weighted by molar-refractivity contribution is 7.89. The van der Waals surface area contributed by atoms with Gasteiger partial charge in [-0.2, -0.15) is 0 Å². The van der Waals surface area contributed by atoms with E-state index in [-0.39, 0.29) is 16.1 Å². The van der Waals surface area contributed by atoms with Crippen LogP contribution < -0.4 is 10.5 Å². The van der Waals surface area contributed by atoms with E-state index in [1.165, 1.54) is 13.0 Å². The molecule has 1 aromatic rings. The van der Waals surface area contributed by atoms with Crippen molar-refractivity contribution in [1.82, 2.24) is 4.72 Å². The molecule has 0 saturated heterocycles. The Morgan fingerprint density at radius 3 is 2.15 bits per heavy atom. The van der Waals surface area contributed by atoms with Crippen LogP contribution in [0.25, 0.3) is 0 Å². The van der Waals surface area contributed by atoms with Crippen molar-refractivity contribution in [2.75, 3.05) is 5.73 Å². The highest BCUT2D eigenvalue weighted by Gasteiger charge is 2.31. The average molecular weight is 302 g/mol. The Bertz CT molecular complexity index is 573. The van der Waals surface area contributed by atoms with Crippen molar-refractivity contribution >= 4 is 15.7 Å². The van der Waals surface area contributed by atoms with Gasteiger partial charge in [-0.25, -0.2) is 17.5 Å². The number of benzene rings is 1. The zero-order valence-corrected chi connectivity index (χ0v) is 13.3. The smallest absolute Gasteiger partial charge is 0.241 e. The average Bonchev–Trinajstić information content (AvgIpc) is 2.40. The van der Waals surface area contributed by atoms with Gasteiger partial charge in [-0.05, 0) is 38.3 Å². The number of nitrogens with one attached hydrogen (secondary N) is 1. The van der Waals surface area contributed by atoms with Crippen LogP contribution in [-0.4, -0.2) is 14.0 Å². The van der Waals surface area contributed by atoms with Crippen LogP contribution in [0.2, 0.25) is 0 Å². The van der Waals surface area contributed by atoms with Crippen LogP contribution in [0.4, 0.5) is 10.1 Å². The number of hydrogen-bond acceptors (Lipinski definition) is 3. The summed E-state index contributed by atoms with van der Waals surface area (Å²) in [7, 11) is -3.80. The Labute approximate surface area is 120 Å². The van der Waals surface area contributed by atoms with E-state index in [9.17, 15) is 12.8 Å². The lowest BCUT2D eigenvalue weighted by Gasteiger charge is -2.31. The zero-order chi connectivity index (χ0) is 15.6. The molecule has 0 fully saturated rings. The quantitative estimate of drug-likeness (QED) is 0.794. The second-order valence-electron chi connectivity index (χ2n) is 5.07. The molecule has 0 heterocycles. The van der Waals surface area contributed by atoms with Gasteiger partial charge < -0.3 is 5.73 Å². The van der Waals surface area contributed by atoms with E-state index in [4.69, 9.17) is 5.73 Å². The first-order valence-electron chi connectivity index (χ1n) is 6.81. The molecular formula is C14H23FN2O2S. The van der Waals surface area contributed by atoms with Crippen LogP contribution in [-0.2, 0) is 10.0 Å². The van der Waals surface area contributed by atoms with Gasteiger partial charge >= 0.3 is 0 Å². The van der Waals surface area contributed by atoms with Gasteiger partial charge in [-0.3, -0.25) is 0 Å². The van der Waals surface area contributed by atoms with E-state index in [1.807, 2.05) is 20.8 Å². The van der Waals surface area contributed by atoms with Gasteiger partial charge in [0.2, 0.25) is 10.0 Å². The summed E-state index contributed by atoms with van der Waals surface area (Å²) >= 11 is 0. The molecule has 0 aliphatic rings. The molecule has 4 nitrogen and oxygen atoms in total. The molecule has 0 amide bonds. The zero-order valence-electron chi connectivity index (χ0n) is 12.5. The highest BCUT2D eigenvalue weighted by Crippen LogP contribution is 2.26. The van der Waals surface area contributed by atoms with Crippen LogP contribution in [0.5, 0.6) is 0 Å². The first kappa shape index (κ1) is 16.9. The molecule has 3 N–H and O–H groups in total. The Hall–Kier alpha value is -1.14. The van der Waals surface area contributed by atoms with Gasteiger partial charge in [0.25, 0.3) is 0 Å². The number of nitrogen functional groups attached to an aromatic ring is 1. The summed E-state index contributed by atoms with van der Waals surface area (Å²) in [5, 5.41) is 0. The summed E-state index contributed by atoms with van der Waals surface area (Å²) in [5.41, 5.74) is 5.23. The summed E-state index contributed by atoms with van der Waals surface area (Å²) in [4.78, 5) is -0.0882. The van der Waals surface area contributed by atoms with Crippen LogP contribution in [0.15, 0.2) is 17.0 Å². The number of halogens is 1. The Balaban J connectivity index is 3.31. The molecule has 114 valence electrons. The molecule has 1 rings (SSSR count). The molecule has 0 aromatic heterocycles. The van der Waals surface area contributed by atoms with E-state index >= 15 is 0 Å². The number of rotatable bonds is 6. The Morgan fingerprint density at radius 1 is 1.20 bits per heavy atom. The first-order chi connectivity index (χ1) is 9.21. The van der Waals surface area contributed by atoms with Crippen molar-refractivity contribution < 1.29 is 12.8 Å². The minimum Gasteiger partial charge on any atom is -0.399 e. The predicted octanol–water partition coefficient (Wildman–Crippen LogP) is 2.96. The molecule has 0 saturated carbocycles. The fourth-order valence-corrected chi connectivity index (χ4v) is 4.16. The molecule has 6 heteroatoms. The highest BCUT2D eigenvalue weighted by atomic mass is 32.2. The van der Waals surface area contributed by atoms with Gasteiger partial charge in [0.05, 0.1) is 4.90 Å². The van der Waals surface area contributed by atoms with Crippen LogP contribution in [0.3, 0.4) is 0 Å². The van der Waals surface area contributed by atoms with E-state index in [1.54, 1.807) is 0 Å². The van der Waals surface area contributed by atoms with Crippen molar-refractivity contribution in [2.45, 2.75) is 57.4 Å². The van der Waals surface area contributed by atoms with Crippen molar-refractivity contribution in [3.05, 3.63) is 23.5 Å². The second-order valence-corrected chi connectivity index (χ2v) is 6.72. The molecule has 0 atom stereocenters. The molecule has 0 spiro atoms. The topological polar surface area (TPSA) is 72.2 Å².